The zero-order chi connectivity index (χ0) is 25.5. The number of nitrogens with one attached hydrogen (secondary N) is 1. The molecule has 2 N–H and O–H groups in total. The molecule has 1 aromatic heterocycles. The van der Waals surface area contributed by atoms with Crippen molar-refractivity contribution in [3.8, 4) is 0 Å². The third-order valence-electron chi connectivity index (χ3n) is 7.38. The molecule has 0 spiro atoms. The summed E-state index contributed by atoms with van der Waals surface area (Å²) in [6.07, 6.45) is 10.3. The first-order valence-electron chi connectivity index (χ1n) is 12.8. The molecule has 202 valence electrons. The lowest BCUT2D eigenvalue weighted by Crippen LogP contribution is -2.55. The van der Waals surface area contributed by atoms with Gasteiger partial charge in [-0.1, -0.05) is 25.2 Å². The SMILES string of the molecule is CC(SC1COC(/C=C/C=C/C2CCC(Cl)NC2)OC1)C(O)(Cn1cncn1)C1CCC(F)CC1F. The molecular weight excluding hydrogens is 510 g/mol. The van der Waals surface area contributed by atoms with Crippen LogP contribution in [0.15, 0.2) is 37.0 Å². The monoisotopic (exact) mass is 546 g/mol. The van der Waals surface area contributed by atoms with Crippen molar-refractivity contribution in [1.29, 1.82) is 0 Å². The van der Waals surface area contributed by atoms with Gasteiger partial charge < -0.3 is 19.9 Å². The van der Waals surface area contributed by atoms with E-state index >= 15 is 0 Å². The number of allylic oxidation sites excluding steroid dienone is 2. The van der Waals surface area contributed by atoms with Crippen molar-refractivity contribution in [3.05, 3.63) is 37.0 Å². The molecule has 2 saturated heterocycles. The fourth-order valence-electron chi connectivity index (χ4n) is 5.23. The van der Waals surface area contributed by atoms with Crippen molar-refractivity contribution < 1.29 is 23.4 Å². The molecule has 1 aromatic rings. The first-order chi connectivity index (χ1) is 17.3. The Balaban J connectivity index is 1.29. The second-order valence-corrected chi connectivity index (χ2v) is 12.2. The van der Waals surface area contributed by atoms with Gasteiger partial charge in [0.2, 0.25) is 0 Å². The Morgan fingerprint density at radius 2 is 2.00 bits per heavy atom. The molecule has 0 amide bonds. The predicted molar refractivity (Wildman–Crippen MR) is 137 cm³/mol. The Morgan fingerprint density at radius 1 is 1.22 bits per heavy atom. The Bertz CT molecular complexity index is 850. The largest absolute Gasteiger partial charge is 0.386 e. The van der Waals surface area contributed by atoms with Gasteiger partial charge in [0, 0.05) is 24.1 Å². The molecule has 0 aromatic carbocycles. The number of ether oxygens (including phenoxy) is 2. The molecule has 0 radical (unpaired) electrons. The fourth-order valence-corrected chi connectivity index (χ4v) is 6.82. The van der Waals surface area contributed by atoms with Crippen LogP contribution in [0.3, 0.4) is 0 Å². The van der Waals surface area contributed by atoms with Crippen molar-refractivity contribution in [2.24, 2.45) is 11.8 Å². The van der Waals surface area contributed by atoms with Gasteiger partial charge in [0.1, 0.15) is 30.6 Å². The van der Waals surface area contributed by atoms with E-state index in [1.54, 1.807) is 0 Å². The normalized spacial score (nSPS) is 36.8. The maximum absolute atomic E-state index is 15.0. The van der Waals surface area contributed by atoms with Crippen molar-refractivity contribution in [2.45, 2.75) is 85.8 Å². The van der Waals surface area contributed by atoms with Crippen LogP contribution in [-0.4, -0.2) is 79.9 Å². The lowest BCUT2D eigenvalue weighted by atomic mass is 9.73. The Kier molecular flexibility index (Phi) is 10.2. The van der Waals surface area contributed by atoms with E-state index in [0.717, 1.165) is 19.4 Å². The van der Waals surface area contributed by atoms with Crippen LogP contribution in [0.5, 0.6) is 0 Å². The number of hydrogen-bond acceptors (Lipinski definition) is 7. The highest BCUT2D eigenvalue weighted by Gasteiger charge is 2.49. The van der Waals surface area contributed by atoms with Crippen molar-refractivity contribution in [1.82, 2.24) is 20.1 Å². The minimum absolute atomic E-state index is 0.0187. The lowest BCUT2D eigenvalue weighted by molar-refractivity contribution is -0.146. The van der Waals surface area contributed by atoms with E-state index in [9.17, 15) is 13.9 Å². The van der Waals surface area contributed by atoms with Gasteiger partial charge in [-0.3, -0.25) is 4.68 Å². The van der Waals surface area contributed by atoms with Crippen LogP contribution in [0, 0.1) is 11.8 Å². The van der Waals surface area contributed by atoms with Crippen LogP contribution < -0.4 is 5.32 Å². The average Bonchev–Trinajstić information content (AvgIpc) is 3.36. The number of halogens is 3. The summed E-state index contributed by atoms with van der Waals surface area (Å²) in [6.45, 7) is 3.77. The Labute approximate surface area is 221 Å². The summed E-state index contributed by atoms with van der Waals surface area (Å²) >= 11 is 7.58. The minimum Gasteiger partial charge on any atom is -0.386 e. The number of thioether (sulfide) groups is 1. The van der Waals surface area contributed by atoms with E-state index in [1.165, 1.54) is 29.1 Å². The van der Waals surface area contributed by atoms with Gasteiger partial charge >= 0.3 is 0 Å². The van der Waals surface area contributed by atoms with E-state index in [2.05, 4.69) is 21.5 Å². The van der Waals surface area contributed by atoms with Gasteiger partial charge in [-0.2, -0.15) is 5.10 Å². The molecule has 3 fully saturated rings. The van der Waals surface area contributed by atoms with Crippen molar-refractivity contribution in [3.63, 3.8) is 0 Å². The number of alkyl halides is 3. The van der Waals surface area contributed by atoms with Gasteiger partial charge in [0.05, 0.1) is 30.5 Å². The molecule has 11 heteroatoms. The van der Waals surface area contributed by atoms with Crippen LogP contribution in [-0.2, 0) is 16.0 Å². The molecule has 7 unspecified atom stereocenters. The molecular formula is C25H37ClF2N4O3S. The highest BCUT2D eigenvalue weighted by molar-refractivity contribution is 8.00. The third kappa shape index (κ3) is 7.51. The van der Waals surface area contributed by atoms with Crippen LogP contribution in [0.25, 0.3) is 0 Å². The standard InChI is InChI=1S/C25H37ClF2N4O3S/c1-17(25(33,14-32-16-29-15-31-32)21-8-7-19(27)10-22(21)28)36-20-12-34-24(35-13-20)5-3-2-4-18-6-9-23(26)30-11-18/h2-5,15-24,30,33H,6-14H2,1H3/b4-2+,5-3+. The van der Waals surface area contributed by atoms with Crippen LogP contribution in [0.4, 0.5) is 8.78 Å². The van der Waals surface area contributed by atoms with Crippen LogP contribution in [0.1, 0.15) is 39.0 Å². The fraction of sp³-hybridized carbons (Fsp3) is 0.760. The molecule has 3 heterocycles. The second-order valence-electron chi connectivity index (χ2n) is 10.0. The van der Waals surface area contributed by atoms with E-state index in [-0.39, 0.29) is 35.4 Å². The van der Waals surface area contributed by atoms with Crippen LogP contribution in [0.2, 0.25) is 0 Å². The highest BCUT2D eigenvalue weighted by Crippen LogP contribution is 2.43. The maximum atomic E-state index is 15.0. The molecule has 3 aliphatic rings. The van der Waals surface area contributed by atoms with Crippen LogP contribution >= 0.6 is 23.4 Å². The smallest absolute Gasteiger partial charge is 0.177 e. The molecule has 4 rings (SSSR count). The summed E-state index contributed by atoms with van der Waals surface area (Å²) in [4.78, 5) is 3.95. The number of aromatic nitrogens is 3. The Morgan fingerprint density at radius 3 is 2.67 bits per heavy atom. The zero-order valence-corrected chi connectivity index (χ0v) is 22.2. The lowest BCUT2D eigenvalue weighted by Gasteiger charge is -2.45. The second kappa shape index (κ2) is 13.2. The summed E-state index contributed by atoms with van der Waals surface area (Å²) in [5.41, 5.74) is -1.35. The average molecular weight is 547 g/mol. The highest BCUT2D eigenvalue weighted by atomic mass is 35.5. The topological polar surface area (TPSA) is 81.4 Å². The number of aliphatic hydroxyl groups is 1. The summed E-state index contributed by atoms with van der Waals surface area (Å²) < 4.78 is 42.0. The molecule has 1 saturated carbocycles. The van der Waals surface area contributed by atoms with Gasteiger partial charge in [-0.25, -0.2) is 13.8 Å². The molecule has 36 heavy (non-hydrogen) atoms. The molecule has 7 nitrogen and oxygen atoms in total. The summed E-state index contributed by atoms with van der Waals surface area (Å²) in [5.74, 6) is -0.209. The van der Waals surface area contributed by atoms with Crippen molar-refractivity contribution in [2.75, 3.05) is 19.8 Å². The summed E-state index contributed by atoms with van der Waals surface area (Å²) in [5, 5.41) is 18.8. The quantitative estimate of drug-likeness (QED) is 0.275. The van der Waals surface area contributed by atoms with Gasteiger partial charge in [0.25, 0.3) is 0 Å². The Hall–Kier alpha value is -1.04. The predicted octanol–water partition coefficient (Wildman–Crippen LogP) is 4.03. The van der Waals surface area contributed by atoms with Crippen molar-refractivity contribution >= 4 is 23.4 Å². The number of hydrogen-bond donors (Lipinski definition) is 2. The van der Waals surface area contributed by atoms with E-state index in [1.807, 2.05) is 25.2 Å². The number of rotatable bonds is 9. The minimum atomic E-state index is -1.42. The first-order valence-corrected chi connectivity index (χ1v) is 14.2. The summed E-state index contributed by atoms with van der Waals surface area (Å²) in [7, 11) is 0. The summed E-state index contributed by atoms with van der Waals surface area (Å²) in [6, 6.07) is 0. The maximum Gasteiger partial charge on any atom is 0.177 e. The zero-order valence-electron chi connectivity index (χ0n) is 20.6. The number of piperidine rings is 1. The molecule has 2 aliphatic heterocycles. The first kappa shape index (κ1) is 28.0. The molecule has 0 bridgehead atoms. The van der Waals surface area contributed by atoms with Gasteiger partial charge in [-0.15, -0.1) is 23.4 Å². The third-order valence-corrected chi connectivity index (χ3v) is 9.23. The van der Waals surface area contributed by atoms with E-state index < -0.39 is 30.2 Å². The number of nitrogens with zero attached hydrogens (tertiary/aromatic N) is 3. The van der Waals surface area contributed by atoms with E-state index in [0.29, 0.717) is 25.6 Å². The van der Waals surface area contributed by atoms with Gasteiger partial charge in [0.15, 0.2) is 6.29 Å². The molecule has 1 aliphatic carbocycles. The molecule has 7 atom stereocenters. The van der Waals surface area contributed by atoms with Gasteiger partial charge in [-0.05, 0) is 37.7 Å². The van der Waals surface area contributed by atoms with E-state index in [4.69, 9.17) is 21.1 Å².